The minimum Gasteiger partial charge on any atom is -0.380 e. The first-order valence-electron chi connectivity index (χ1n) is 5.30. The lowest BCUT2D eigenvalue weighted by atomic mass is 9.83. The van der Waals surface area contributed by atoms with Crippen LogP contribution in [0.4, 0.5) is 0 Å². The molecule has 0 amide bonds. The van der Waals surface area contributed by atoms with E-state index in [4.69, 9.17) is 10.5 Å². The van der Waals surface area contributed by atoms with E-state index in [1.54, 1.807) is 0 Å². The molecule has 2 rings (SSSR count). The molecule has 0 aromatic heterocycles. The van der Waals surface area contributed by atoms with Crippen LogP contribution in [0, 0.1) is 5.41 Å². The van der Waals surface area contributed by atoms with Crippen molar-refractivity contribution in [3.63, 3.8) is 0 Å². The zero-order valence-electron chi connectivity index (χ0n) is 8.46. The van der Waals surface area contributed by atoms with Gasteiger partial charge < -0.3 is 15.4 Å². The van der Waals surface area contributed by atoms with Crippen molar-refractivity contribution >= 4 is 0 Å². The molecule has 0 radical (unpaired) electrons. The number of likely N-dealkylation sites (tertiary alicyclic amines) is 1. The summed E-state index contributed by atoms with van der Waals surface area (Å²) in [6.07, 6.45) is 2.40. The van der Waals surface area contributed by atoms with Gasteiger partial charge in [0.05, 0.1) is 13.2 Å². The Bertz CT molecular complexity index is 174. The monoisotopic (exact) mass is 184 g/mol. The summed E-state index contributed by atoms with van der Waals surface area (Å²) < 4.78 is 5.31. The lowest BCUT2D eigenvalue weighted by Gasteiger charge is -2.43. The molecule has 0 aliphatic carbocycles. The van der Waals surface area contributed by atoms with Gasteiger partial charge in [0, 0.05) is 24.5 Å². The van der Waals surface area contributed by atoms with Crippen LogP contribution < -0.4 is 5.73 Å². The van der Waals surface area contributed by atoms with Crippen LogP contribution in [0.25, 0.3) is 0 Å². The summed E-state index contributed by atoms with van der Waals surface area (Å²) in [4.78, 5) is 2.50. The number of nitrogens with two attached hydrogens (primary N) is 1. The van der Waals surface area contributed by atoms with Gasteiger partial charge >= 0.3 is 0 Å². The van der Waals surface area contributed by atoms with Crippen LogP contribution in [0.1, 0.15) is 19.8 Å². The number of rotatable bonds is 3. The van der Waals surface area contributed by atoms with Crippen molar-refractivity contribution in [3.05, 3.63) is 0 Å². The zero-order valence-corrected chi connectivity index (χ0v) is 8.46. The Hall–Kier alpha value is -0.120. The molecule has 3 heteroatoms. The maximum absolute atomic E-state index is 5.87. The molecule has 2 N–H and O–H groups in total. The number of hydrogen-bond acceptors (Lipinski definition) is 3. The minimum atomic E-state index is 0.412. The summed E-state index contributed by atoms with van der Waals surface area (Å²) >= 11 is 0. The van der Waals surface area contributed by atoms with Crippen LogP contribution >= 0.6 is 0 Å². The Morgan fingerprint density at radius 1 is 1.54 bits per heavy atom. The molecular formula is C10H20N2O. The summed E-state index contributed by atoms with van der Waals surface area (Å²) in [7, 11) is 0. The van der Waals surface area contributed by atoms with Crippen molar-refractivity contribution in [1.82, 2.24) is 4.90 Å². The highest BCUT2D eigenvalue weighted by molar-refractivity contribution is 4.90. The largest absolute Gasteiger partial charge is 0.380 e. The van der Waals surface area contributed by atoms with Crippen LogP contribution in [-0.4, -0.2) is 43.8 Å². The maximum Gasteiger partial charge on any atom is 0.0557 e. The van der Waals surface area contributed by atoms with E-state index in [1.807, 2.05) is 0 Å². The predicted molar refractivity (Wildman–Crippen MR) is 52.6 cm³/mol. The van der Waals surface area contributed by atoms with E-state index < -0.39 is 0 Å². The molecule has 0 aromatic rings. The van der Waals surface area contributed by atoms with Gasteiger partial charge in [-0.1, -0.05) is 6.92 Å². The number of hydrogen-bond donors (Lipinski definition) is 1. The van der Waals surface area contributed by atoms with E-state index in [0.29, 0.717) is 11.5 Å². The third-order valence-corrected chi connectivity index (χ3v) is 3.43. The molecule has 2 fully saturated rings. The molecule has 76 valence electrons. The fourth-order valence-electron chi connectivity index (χ4n) is 2.28. The van der Waals surface area contributed by atoms with Gasteiger partial charge in [0.1, 0.15) is 0 Å². The van der Waals surface area contributed by atoms with E-state index in [0.717, 1.165) is 19.8 Å². The molecule has 1 atom stereocenters. The molecule has 0 aromatic carbocycles. The number of nitrogens with zero attached hydrogens (tertiary/aromatic N) is 1. The molecule has 13 heavy (non-hydrogen) atoms. The molecule has 0 spiro atoms. The van der Waals surface area contributed by atoms with Crippen molar-refractivity contribution < 1.29 is 4.74 Å². The van der Waals surface area contributed by atoms with Crippen molar-refractivity contribution in [3.8, 4) is 0 Å². The van der Waals surface area contributed by atoms with E-state index in [1.165, 1.54) is 25.9 Å². The van der Waals surface area contributed by atoms with Crippen molar-refractivity contribution in [2.75, 3.05) is 32.8 Å². The van der Waals surface area contributed by atoms with Gasteiger partial charge in [-0.3, -0.25) is 0 Å². The molecule has 2 saturated heterocycles. The first-order valence-corrected chi connectivity index (χ1v) is 5.30. The van der Waals surface area contributed by atoms with Crippen molar-refractivity contribution in [2.45, 2.75) is 25.8 Å². The van der Waals surface area contributed by atoms with Crippen LogP contribution in [-0.2, 0) is 4.74 Å². The third kappa shape index (κ3) is 1.87. The lowest BCUT2D eigenvalue weighted by molar-refractivity contribution is -0.126. The fourth-order valence-corrected chi connectivity index (χ4v) is 2.28. The van der Waals surface area contributed by atoms with Crippen LogP contribution in [0.3, 0.4) is 0 Å². The Morgan fingerprint density at radius 2 is 2.31 bits per heavy atom. The second-order valence-corrected chi connectivity index (χ2v) is 4.63. The summed E-state index contributed by atoms with van der Waals surface area (Å²) in [6, 6.07) is 0.412. The lowest BCUT2D eigenvalue weighted by Crippen LogP contribution is -2.50. The molecule has 0 unspecified atom stereocenters. The van der Waals surface area contributed by atoms with Crippen LogP contribution in [0.2, 0.25) is 0 Å². The Morgan fingerprint density at radius 3 is 2.69 bits per heavy atom. The smallest absolute Gasteiger partial charge is 0.0557 e. The Balaban J connectivity index is 1.83. The SMILES string of the molecule is CCC1(CN2CC[C@H](N)C2)COC1. The van der Waals surface area contributed by atoms with E-state index in [2.05, 4.69) is 11.8 Å². The predicted octanol–water partition coefficient (Wildman–Crippen LogP) is 0.446. The molecule has 2 heterocycles. The normalized spacial score (nSPS) is 33.2. The molecular weight excluding hydrogens is 164 g/mol. The average Bonchev–Trinajstić information content (AvgIpc) is 2.44. The molecule has 0 saturated carbocycles. The van der Waals surface area contributed by atoms with Gasteiger partial charge in [-0.15, -0.1) is 0 Å². The quantitative estimate of drug-likeness (QED) is 0.692. The summed E-state index contributed by atoms with van der Waals surface area (Å²) in [5.41, 5.74) is 6.33. The average molecular weight is 184 g/mol. The summed E-state index contributed by atoms with van der Waals surface area (Å²) in [5.74, 6) is 0. The molecule has 3 nitrogen and oxygen atoms in total. The van der Waals surface area contributed by atoms with Gasteiger partial charge in [0.2, 0.25) is 0 Å². The van der Waals surface area contributed by atoms with Gasteiger partial charge in [-0.2, -0.15) is 0 Å². The molecule has 2 aliphatic heterocycles. The second-order valence-electron chi connectivity index (χ2n) is 4.63. The third-order valence-electron chi connectivity index (χ3n) is 3.43. The molecule has 0 bridgehead atoms. The van der Waals surface area contributed by atoms with E-state index >= 15 is 0 Å². The standard InChI is InChI=1S/C10H20N2O/c1-2-10(7-13-8-10)6-12-4-3-9(11)5-12/h9H,2-8,11H2,1H3/t9-/m0/s1. The maximum atomic E-state index is 5.87. The van der Waals surface area contributed by atoms with Gasteiger partial charge in [0.25, 0.3) is 0 Å². The first kappa shape index (κ1) is 9.44. The Labute approximate surface area is 80.2 Å². The van der Waals surface area contributed by atoms with Crippen LogP contribution in [0.5, 0.6) is 0 Å². The first-order chi connectivity index (χ1) is 6.24. The highest BCUT2D eigenvalue weighted by Crippen LogP contribution is 2.32. The highest BCUT2D eigenvalue weighted by atomic mass is 16.5. The van der Waals surface area contributed by atoms with Gasteiger partial charge in [0.15, 0.2) is 0 Å². The van der Waals surface area contributed by atoms with Crippen LogP contribution in [0.15, 0.2) is 0 Å². The summed E-state index contributed by atoms with van der Waals surface area (Å²) in [5, 5.41) is 0. The van der Waals surface area contributed by atoms with Gasteiger partial charge in [-0.25, -0.2) is 0 Å². The van der Waals surface area contributed by atoms with Gasteiger partial charge in [-0.05, 0) is 19.4 Å². The highest BCUT2D eigenvalue weighted by Gasteiger charge is 2.39. The fraction of sp³-hybridized carbons (Fsp3) is 1.00. The van der Waals surface area contributed by atoms with Crippen molar-refractivity contribution in [1.29, 1.82) is 0 Å². The number of ether oxygens (including phenoxy) is 1. The Kier molecular flexibility index (Phi) is 2.58. The topological polar surface area (TPSA) is 38.5 Å². The van der Waals surface area contributed by atoms with Crippen molar-refractivity contribution in [2.24, 2.45) is 11.1 Å². The molecule has 2 aliphatic rings. The van der Waals surface area contributed by atoms with E-state index in [-0.39, 0.29) is 0 Å². The summed E-state index contributed by atoms with van der Waals surface area (Å²) in [6.45, 7) is 7.63. The minimum absolute atomic E-state index is 0.412. The second kappa shape index (κ2) is 3.56. The van der Waals surface area contributed by atoms with E-state index in [9.17, 15) is 0 Å². The zero-order chi connectivity index (χ0) is 9.31.